The van der Waals surface area contributed by atoms with Gasteiger partial charge in [-0.05, 0) is 74.2 Å². The molecule has 0 saturated heterocycles. The molecular formula is C27H32N2O5. The number of rotatable bonds is 7. The lowest BCUT2D eigenvalue weighted by Crippen LogP contribution is -2.36. The number of carbonyl (C=O) groups excluding carboxylic acids is 2. The number of aliphatic carboxylic acids is 1. The highest BCUT2D eigenvalue weighted by Gasteiger charge is 2.35. The summed E-state index contributed by atoms with van der Waals surface area (Å²) >= 11 is 0. The first kappa shape index (κ1) is 23.8. The first-order chi connectivity index (χ1) is 16.5. The van der Waals surface area contributed by atoms with Crippen LogP contribution in [-0.4, -0.2) is 22.9 Å². The molecule has 0 aromatic heterocycles. The van der Waals surface area contributed by atoms with E-state index in [1.165, 1.54) is 6.42 Å². The van der Waals surface area contributed by atoms with Gasteiger partial charge >= 0.3 is 5.97 Å². The lowest BCUT2D eigenvalue weighted by molar-refractivity contribution is -0.147. The van der Waals surface area contributed by atoms with Crippen LogP contribution in [0.15, 0.2) is 48.5 Å². The van der Waals surface area contributed by atoms with Crippen LogP contribution in [0.2, 0.25) is 0 Å². The summed E-state index contributed by atoms with van der Waals surface area (Å²) in [5.41, 5.74) is 1.36. The Morgan fingerprint density at radius 1 is 0.647 bits per heavy atom. The highest BCUT2D eigenvalue weighted by Crippen LogP contribution is 2.32. The van der Waals surface area contributed by atoms with Crippen molar-refractivity contribution in [3.8, 4) is 11.5 Å². The zero-order valence-electron chi connectivity index (χ0n) is 19.3. The number of benzene rings is 2. The Balaban J connectivity index is 1.29. The molecule has 0 unspecified atom stereocenters. The van der Waals surface area contributed by atoms with Crippen LogP contribution in [0.1, 0.15) is 57.8 Å². The predicted molar refractivity (Wildman–Crippen MR) is 130 cm³/mol. The SMILES string of the molecule is O=C(Nc1ccc(Oc2ccc(NC(=O)[C@H]3CCCC[C@H]3C(=O)O)cc2)cc1)C1CCCCC1. The molecule has 2 aliphatic rings. The summed E-state index contributed by atoms with van der Waals surface area (Å²) in [4.78, 5) is 36.5. The molecule has 4 rings (SSSR count). The van der Waals surface area contributed by atoms with Gasteiger partial charge in [-0.2, -0.15) is 0 Å². The van der Waals surface area contributed by atoms with Crippen molar-refractivity contribution >= 4 is 29.2 Å². The lowest BCUT2D eigenvalue weighted by atomic mass is 9.78. The van der Waals surface area contributed by atoms with E-state index in [0.717, 1.165) is 44.2 Å². The van der Waals surface area contributed by atoms with Crippen molar-refractivity contribution in [3.63, 3.8) is 0 Å². The minimum Gasteiger partial charge on any atom is -0.481 e. The highest BCUT2D eigenvalue weighted by molar-refractivity contribution is 5.95. The number of ether oxygens (including phenoxy) is 1. The van der Waals surface area contributed by atoms with Gasteiger partial charge in [0.2, 0.25) is 11.8 Å². The third-order valence-corrected chi connectivity index (χ3v) is 6.88. The molecule has 2 fully saturated rings. The predicted octanol–water partition coefficient (Wildman–Crippen LogP) is 5.83. The average molecular weight is 465 g/mol. The van der Waals surface area contributed by atoms with E-state index in [1.54, 1.807) is 36.4 Å². The lowest BCUT2D eigenvalue weighted by Gasteiger charge is -2.27. The Hall–Kier alpha value is -3.35. The van der Waals surface area contributed by atoms with Crippen LogP contribution in [0.4, 0.5) is 11.4 Å². The molecule has 7 heteroatoms. The largest absolute Gasteiger partial charge is 0.481 e. The Labute approximate surface area is 199 Å². The van der Waals surface area contributed by atoms with E-state index in [4.69, 9.17) is 4.74 Å². The number of hydrogen-bond acceptors (Lipinski definition) is 4. The van der Waals surface area contributed by atoms with Crippen molar-refractivity contribution in [2.75, 3.05) is 10.6 Å². The first-order valence-corrected chi connectivity index (χ1v) is 12.2. The molecule has 2 amide bonds. The minimum absolute atomic E-state index is 0.0916. The summed E-state index contributed by atoms with van der Waals surface area (Å²) in [7, 11) is 0. The van der Waals surface area contributed by atoms with Gasteiger partial charge in [-0.25, -0.2) is 0 Å². The van der Waals surface area contributed by atoms with E-state index in [2.05, 4.69) is 10.6 Å². The second-order valence-electron chi connectivity index (χ2n) is 9.30. The quantitative estimate of drug-likeness (QED) is 0.478. The number of carboxylic acid groups (broad SMARTS) is 1. The average Bonchev–Trinajstić information content (AvgIpc) is 2.87. The Kier molecular flexibility index (Phi) is 7.83. The van der Waals surface area contributed by atoms with E-state index in [9.17, 15) is 19.5 Å². The molecule has 2 aliphatic carbocycles. The summed E-state index contributed by atoms with van der Waals surface area (Å²) in [6, 6.07) is 14.3. The molecular weight excluding hydrogens is 432 g/mol. The maximum Gasteiger partial charge on any atom is 0.307 e. The van der Waals surface area contributed by atoms with Crippen LogP contribution < -0.4 is 15.4 Å². The molecule has 180 valence electrons. The molecule has 3 N–H and O–H groups in total. The second-order valence-corrected chi connectivity index (χ2v) is 9.30. The number of amides is 2. The van der Waals surface area contributed by atoms with Gasteiger partial charge in [-0.1, -0.05) is 32.1 Å². The molecule has 0 spiro atoms. The number of anilines is 2. The van der Waals surface area contributed by atoms with E-state index < -0.39 is 17.8 Å². The standard InChI is InChI=1S/C27H32N2O5/c30-25(18-6-2-1-3-7-18)28-19-10-14-21(15-11-19)34-22-16-12-20(13-17-22)29-26(31)23-8-4-5-9-24(23)27(32)33/h10-18,23-24H,1-9H2,(H,28,30)(H,29,31)(H,32,33)/t23-,24+/m0/s1. The summed E-state index contributed by atoms with van der Waals surface area (Å²) in [5, 5.41) is 15.2. The zero-order chi connectivity index (χ0) is 23.9. The van der Waals surface area contributed by atoms with Crippen molar-refractivity contribution in [1.82, 2.24) is 0 Å². The number of hydrogen-bond donors (Lipinski definition) is 3. The summed E-state index contributed by atoms with van der Waals surface area (Å²) < 4.78 is 5.88. The topological polar surface area (TPSA) is 105 Å². The van der Waals surface area contributed by atoms with Gasteiger partial charge in [0.15, 0.2) is 0 Å². The van der Waals surface area contributed by atoms with Gasteiger partial charge < -0.3 is 20.5 Å². The van der Waals surface area contributed by atoms with E-state index >= 15 is 0 Å². The molecule has 7 nitrogen and oxygen atoms in total. The van der Waals surface area contributed by atoms with Crippen LogP contribution in [0.25, 0.3) is 0 Å². The fourth-order valence-electron chi connectivity index (χ4n) is 4.93. The monoisotopic (exact) mass is 464 g/mol. The molecule has 0 heterocycles. The second kappa shape index (κ2) is 11.2. The maximum absolute atomic E-state index is 12.6. The van der Waals surface area contributed by atoms with Crippen molar-refractivity contribution < 1.29 is 24.2 Å². The van der Waals surface area contributed by atoms with Crippen molar-refractivity contribution in [2.45, 2.75) is 57.8 Å². The van der Waals surface area contributed by atoms with Crippen LogP contribution >= 0.6 is 0 Å². The van der Waals surface area contributed by atoms with Crippen LogP contribution in [0.5, 0.6) is 11.5 Å². The Bertz CT molecular complexity index is 997. The van der Waals surface area contributed by atoms with E-state index in [1.807, 2.05) is 12.1 Å². The molecule has 0 radical (unpaired) electrons. The molecule has 2 aromatic carbocycles. The Morgan fingerprint density at radius 2 is 1.12 bits per heavy atom. The minimum atomic E-state index is -0.900. The van der Waals surface area contributed by atoms with Gasteiger partial charge in [0.05, 0.1) is 11.8 Å². The van der Waals surface area contributed by atoms with E-state index in [0.29, 0.717) is 30.0 Å². The summed E-state index contributed by atoms with van der Waals surface area (Å²) in [6.07, 6.45) is 8.25. The van der Waals surface area contributed by atoms with E-state index in [-0.39, 0.29) is 17.7 Å². The van der Waals surface area contributed by atoms with Crippen LogP contribution in [0.3, 0.4) is 0 Å². The molecule has 2 aromatic rings. The number of carboxylic acids is 1. The van der Waals surface area contributed by atoms with Gasteiger partial charge in [0, 0.05) is 17.3 Å². The third kappa shape index (κ3) is 6.16. The zero-order valence-corrected chi connectivity index (χ0v) is 19.3. The molecule has 2 atom stereocenters. The fraction of sp³-hybridized carbons (Fsp3) is 0.444. The normalized spacial score (nSPS) is 20.8. The smallest absolute Gasteiger partial charge is 0.307 e. The third-order valence-electron chi connectivity index (χ3n) is 6.88. The highest BCUT2D eigenvalue weighted by atomic mass is 16.5. The van der Waals surface area contributed by atoms with Crippen molar-refractivity contribution in [2.24, 2.45) is 17.8 Å². The number of carbonyl (C=O) groups is 3. The molecule has 34 heavy (non-hydrogen) atoms. The van der Waals surface area contributed by atoms with Crippen LogP contribution in [-0.2, 0) is 14.4 Å². The van der Waals surface area contributed by atoms with Crippen molar-refractivity contribution in [3.05, 3.63) is 48.5 Å². The molecule has 0 bridgehead atoms. The molecule has 0 aliphatic heterocycles. The fourth-order valence-corrected chi connectivity index (χ4v) is 4.93. The van der Waals surface area contributed by atoms with Gasteiger partial charge in [-0.15, -0.1) is 0 Å². The maximum atomic E-state index is 12.6. The van der Waals surface area contributed by atoms with Crippen molar-refractivity contribution in [1.29, 1.82) is 0 Å². The molecule has 2 saturated carbocycles. The van der Waals surface area contributed by atoms with Gasteiger partial charge in [0.1, 0.15) is 11.5 Å². The van der Waals surface area contributed by atoms with Gasteiger partial charge in [0.25, 0.3) is 0 Å². The first-order valence-electron chi connectivity index (χ1n) is 12.2. The summed E-state index contributed by atoms with van der Waals surface area (Å²) in [5.74, 6) is -0.816. The number of nitrogens with one attached hydrogen (secondary N) is 2. The van der Waals surface area contributed by atoms with Gasteiger partial charge in [-0.3, -0.25) is 14.4 Å². The van der Waals surface area contributed by atoms with Crippen LogP contribution in [0, 0.1) is 17.8 Å². The Morgan fingerprint density at radius 3 is 1.65 bits per heavy atom. The summed E-state index contributed by atoms with van der Waals surface area (Å²) in [6.45, 7) is 0.